The number of nitrogens with zero attached hydrogens (tertiary/aromatic N) is 1. The van der Waals surface area contributed by atoms with Crippen molar-refractivity contribution in [1.82, 2.24) is 4.31 Å². The zero-order valence-electron chi connectivity index (χ0n) is 18.4. The third-order valence-corrected chi connectivity index (χ3v) is 8.93. The third kappa shape index (κ3) is 5.55. The number of fused-ring (bicyclic) bond motifs is 1. The molecule has 9 nitrogen and oxygen atoms in total. The van der Waals surface area contributed by atoms with Crippen molar-refractivity contribution in [3.63, 3.8) is 0 Å². The van der Waals surface area contributed by atoms with Crippen molar-refractivity contribution in [1.29, 1.82) is 0 Å². The Morgan fingerprint density at radius 3 is 2.60 bits per heavy atom. The minimum absolute atomic E-state index is 0.0279. The van der Waals surface area contributed by atoms with Gasteiger partial charge in [0.1, 0.15) is 10.6 Å². The molecule has 4 rings (SSSR count). The maximum absolute atomic E-state index is 12.9. The fourth-order valence-electron chi connectivity index (χ4n) is 3.42. The van der Waals surface area contributed by atoms with Crippen LogP contribution in [0.25, 0.3) is 10.1 Å². The number of rotatable bonds is 7. The molecule has 1 fully saturated rings. The number of methoxy groups -OCH3 is 1. The first-order valence-corrected chi connectivity index (χ1v) is 13.3. The quantitative estimate of drug-likeness (QED) is 0.435. The van der Waals surface area contributed by atoms with E-state index in [4.69, 9.17) is 37.4 Å². The fraction of sp³-hybridized carbons (Fsp3) is 0.273. The first-order chi connectivity index (χ1) is 16.7. The SMILES string of the molecule is COc1cc(S(=O)(=O)N2CCOCC2)ccc1NC(=O)COC(=O)c1sc2cc(Cl)ccc2c1Cl. The summed E-state index contributed by atoms with van der Waals surface area (Å²) in [6.45, 7) is 0.575. The maximum Gasteiger partial charge on any atom is 0.350 e. The van der Waals surface area contributed by atoms with Crippen molar-refractivity contribution in [2.45, 2.75) is 4.90 Å². The van der Waals surface area contributed by atoms with E-state index in [1.807, 2.05) is 0 Å². The summed E-state index contributed by atoms with van der Waals surface area (Å²) in [5.41, 5.74) is 0.226. The minimum atomic E-state index is -3.74. The van der Waals surface area contributed by atoms with Crippen LogP contribution in [0.4, 0.5) is 5.69 Å². The lowest BCUT2D eigenvalue weighted by atomic mass is 10.2. The summed E-state index contributed by atoms with van der Waals surface area (Å²) in [4.78, 5) is 25.1. The van der Waals surface area contributed by atoms with Gasteiger partial charge in [-0.1, -0.05) is 29.3 Å². The highest BCUT2D eigenvalue weighted by atomic mass is 35.5. The molecular formula is C22H20Cl2N2O7S2. The van der Waals surface area contributed by atoms with Gasteiger partial charge in [-0.15, -0.1) is 11.3 Å². The summed E-state index contributed by atoms with van der Waals surface area (Å²) in [6, 6.07) is 9.17. The normalized spacial score (nSPS) is 14.6. The first kappa shape index (κ1) is 25.7. The van der Waals surface area contributed by atoms with Crippen LogP contribution in [0.1, 0.15) is 9.67 Å². The van der Waals surface area contributed by atoms with Gasteiger partial charge in [0.2, 0.25) is 10.0 Å². The number of morpholine rings is 1. The number of benzene rings is 2. The predicted octanol–water partition coefficient (Wildman–Crippen LogP) is 4.03. The standard InChI is InChI=1S/C22H20Cl2N2O7S2/c1-31-17-11-14(35(29,30)26-6-8-32-9-7-26)3-5-16(17)25-19(27)12-33-22(28)21-20(24)15-4-2-13(23)10-18(15)34-21/h2-5,10-11H,6-9,12H2,1H3,(H,25,27). The number of hydrogen-bond acceptors (Lipinski definition) is 8. The third-order valence-electron chi connectivity index (χ3n) is 5.17. The molecule has 13 heteroatoms. The van der Waals surface area contributed by atoms with E-state index >= 15 is 0 Å². The Balaban J connectivity index is 1.42. The lowest BCUT2D eigenvalue weighted by Crippen LogP contribution is -2.40. The van der Waals surface area contributed by atoms with Gasteiger partial charge in [-0.25, -0.2) is 13.2 Å². The van der Waals surface area contributed by atoms with E-state index in [9.17, 15) is 18.0 Å². The van der Waals surface area contributed by atoms with Crippen molar-refractivity contribution in [2.75, 3.05) is 45.3 Å². The highest BCUT2D eigenvalue weighted by molar-refractivity contribution is 7.89. The number of carbonyl (C=O) groups excluding carboxylic acids is 2. The zero-order chi connectivity index (χ0) is 25.2. The lowest BCUT2D eigenvalue weighted by molar-refractivity contribution is -0.119. The largest absolute Gasteiger partial charge is 0.495 e. The number of esters is 1. The van der Waals surface area contributed by atoms with E-state index in [1.165, 1.54) is 29.6 Å². The second-order valence-corrected chi connectivity index (χ2v) is 11.2. The number of amides is 1. The number of hydrogen-bond donors (Lipinski definition) is 1. The van der Waals surface area contributed by atoms with Crippen molar-refractivity contribution >= 4 is 72.2 Å². The number of nitrogens with one attached hydrogen (secondary N) is 1. The molecule has 35 heavy (non-hydrogen) atoms. The van der Waals surface area contributed by atoms with E-state index < -0.39 is 28.5 Å². The van der Waals surface area contributed by atoms with Crippen LogP contribution in [0.2, 0.25) is 10.0 Å². The highest BCUT2D eigenvalue weighted by Gasteiger charge is 2.27. The molecule has 1 aliphatic heterocycles. The second-order valence-electron chi connectivity index (χ2n) is 7.39. The Morgan fingerprint density at radius 1 is 1.14 bits per heavy atom. The van der Waals surface area contributed by atoms with Crippen LogP contribution in [-0.4, -0.2) is 64.6 Å². The number of sulfonamides is 1. The predicted molar refractivity (Wildman–Crippen MR) is 133 cm³/mol. The second kappa shape index (κ2) is 10.7. The van der Waals surface area contributed by atoms with Crippen molar-refractivity contribution in [2.24, 2.45) is 0 Å². The summed E-state index contributed by atoms with van der Waals surface area (Å²) in [5, 5.41) is 3.95. The monoisotopic (exact) mass is 558 g/mol. The number of halogens is 2. The van der Waals surface area contributed by atoms with E-state index in [1.54, 1.807) is 18.2 Å². The number of carbonyl (C=O) groups is 2. The van der Waals surface area contributed by atoms with Gasteiger partial charge in [0.25, 0.3) is 5.91 Å². The topological polar surface area (TPSA) is 111 Å². The zero-order valence-corrected chi connectivity index (χ0v) is 21.5. The van der Waals surface area contributed by atoms with Gasteiger partial charge < -0.3 is 19.5 Å². The van der Waals surface area contributed by atoms with Crippen LogP contribution in [0.15, 0.2) is 41.3 Å². The summed E-state index contributed by atoms with van der Waals surface area (Å²) >= 11 is 13.4. The van der Waals surface area contributed by atoms with Gasteiger partial charge >= 0.3 is 5.97 Å². The smallest absolute Gasteiger partial charge is 0.350 e. The molecule has 0 saturated carbocycles. The van der Waals surface area contributed by atoms with E-state index in [-0.39, 0.29) is 39.3 Å². The van der Waals surface area contributed by atoms with Crippen LogP contribution in [0, 0.1) is 0 Å². The fourth-order valence-corrected chi connectivity index (χ4v) is 6.53. The van der Waals surface area contributed by atoms with E-state index in [0.717, 1.165) is 16.0 Å². The molecule has 1 N–H and O–H groups in total. The molecule has 3 aromatic rings. The Morgan fingerprint density at radius 2 is 1.89 bits per heavy atom. The van der Waals surface area contributed by atoms with Crippen molar-refractivity contribution in [3.05, 3.63) is 51.3 Å². The van der Waals surface area contributed by atoms with Gasteiger partial charge in [0, 0.05) is 34.3 Å². The molecule has 1 aliphatic rings. The Hall–Kier alpha value is -2.41. The molecule has 0 aliphatic carbocycles. The highest BCUT2D eigenvalue weighted by Crippen LogP contribution is 2.37. The van der Waals surface area contributed by atoms with Gasteiger partial charge in [0.05, 0.1) is 35.9 Å². The van der Waals surface area contributed by atoms with Gasteiger partial charge in [-0.2, -0.15) is 4.31 Å². The van der Waals surface area contributed by atoms with Crippen molar-refractivity contribution < 1.29 is 32.2 Å². The number of thiophene rings is 1. The van der Waals surface area contributed by atoms with E-state index in [2.05, 4.69) is 5.32 Å². The first-order valence-electron chi connectivity index (χ1n) is 10.3. The lowest BCUT2D eigenvalue weighted by Gasteiger charge is -2.26. The molecule has 1 amide bonds. The van der Waals surface area contributed by atoms with Crippen LogP contribution < -0.4 is 10.1 Å². The molecule has 0 radical (unpaired) electrons. The van der Waals surface area contributed by atoms with Crippen LogP contribution in [-0.2, 0) is 24.3 Å². The Kier molecular flexibility index (Phi) is 7.84. The number of anilines is 1. The van der Waals surface area contributed by atoms with E-state index in [0.29, 0.717) is 23.6 Å². The van der Waals surface area contributed by atoms with Crippen molar-refractivity contribution in [3.8, 4) is 5.75 Å². The molecule has 2 heterocycles. The summed E-state index contributed by atoms with van der Waals surface area (Å²) in [7, 11) is -2.39. The molecule has 0 unspecified atom stereocenters. The molecular weight excluding hydrogens is 539 g/mol. The Labute approximate surface area is 215 Å². The molecule has 1 saturated heterocycles. The van der Waals surface area contributed by atoms with Gasteiger partial charge in [-0.3, -0.25) is 4.79 Å². The molecule has 0 spiro atoms. The summed E-state index contributed by atoms with van der Waals surface area (Å²) in [5.74, 6) is -1.24. The van der Waals surface area contributed by atoms with Crippen LogP contribution in [0.3, 0.4) is 0 Å². The number of ether oxygens (including phenoxy) is 3. The molecule has 0 atom stereocenters. The summed E-state index contributed by atoms with van der Waals surface area (Å²) < 4.78 is 43.4. The molecule has 0 bridgehead atoms. The average molecular weight is 559 g/mol. The van der Waals surface area contributed by atoms with Crippen LogP contribution in [0.5, 0.6) is 5.75 Å². The van der Waals surface area contributed by atoms with Gasteiger partial charge in [0.15, 0.2) is 6.61 Å². The minimum Gasteiger partial charge on any atom is -0.495 e. The molecule has 186 valence electrons. The van der Waals surface area contributed by atoms with Gasteiger partial charge in [-0.05, 0) is 24.3 Å². The summed E-state index contributed by atoms with van der Waals surface area (Å²) in [6.07, 6.45) is 0. The van der Waals surface area contributed by atoms with Crippen LogP contribution >= 0.6 is 34.5 Å². The Bertz CT molecular complexity index is 1390. The molecule has 2 aromatic carbocycles. The molecule has 1 aromatic heterocycles. The maximum atomic E-state index is 12.9. The average Bonchev–Trinajstić information content (AvgIpc) is 3.18.